The Morgan fingerprint density at radius 1 is 1.59 bits per heavy atom. The molecule has 0 saturated heterocycles. The Kier molecular flexibility index (Phi) is 5.43. The Morgan fingerprint density at radius 2 is 2.24 bits per heavy atom. The number of carbonyl (C=O) groups excluding carboxylic acids is 1. The number of amides is 1. The van der Waals surface area contributed by atoms with Crippen molar-refractivity contribution in [3.05, 3.63) is 20.8 Å². The first kappa shape index (κ1) is 14.5. The Morgan fingerprint density at radius 3 is 2.71 bits per heavy atom. The highest BCUT2D eigenvalue weighted by atomic mass is 35.5. The van der Waals surface area contributed by atoms with Crippen molar-refractivity contribution >= 4 is 28.8 Å². The topological polar surface area (TPSA) is 49.3 Å². The van der Waals surface area contributed by atoms with Crippen LogP contribution in [0.1, 0.15) is 35.5 Å². The molecule has 96 valence electrons. The third-order valence-electron chi connectivity index (χ3n) is 2.35. The molecule has 0 saturated carbocycles. The third-order valence-corrected chi connectivity index (χ3v) is 4.04. The molecule has 5 heteroatoms. The molecule has 1 heterocycles. The van der Waals surface area contributed by atoms with Gasteiger partial charge in [0.2, 0.25) is 0 Å². The number of rotatable bonds is 5. The number of hydrogen-bond donors (Lipinski definition) is 2. The highest BCUT2D eigenvalue weighted by Crippen LogP contribution is 2.26. The first-order valence-electron chi connectivity index (χ1n) is 5.61. The van der Waals surface area contributed by atoms with Gasteiger partial charge in [0.25, 0.3) is 5.91 Å². The first-order chi connectivity index (χ1) is 7.91. The molecule has 3 nitrogen and oxygen atoms in total. The van der Waals surface area contributed by atoms with Crippen molar-refractivity contribution in [2.24, 2.45) is 5.92 Å². The number of aliphatic hydroxyl groups excluding tert-OH is 1. The van der Waals surface area contributed by atoms with Gasteiger partial charge in [0, 0.05) is 6.54 Å². The number of aliphatic hydroxyl groups is 1. The number of halogens is 1. The van der Waals surface area contributed by atoms with E-state index in [1.165, 1.54) is 11.3 Å². The normalized spacial score (nSPS) is 12.8. The molecular formula is C12H18ClNO2S. The van der Waals surface area contributed by atoms with Gasteiger partial charge in [-0.2, -0.15) is 0 Å². The van der Waals surface area contributed by atoms with E-state index in [0.717, 1.165) is 5.56 Å². The molecule has 1 aromatic rings. The van der Waals surface area contributed by atoms with E-state index < -0.39 is 6.10 Å². The van der Waals surface area contributed by atoms with Crippen LogP contribution in [0, 0.1) is 12.8 Å². The molecule has 0 aliphatic heterocycles. The van der Waals surface area contributed by atoms with Crippen molar-refractivity contribution in [2.45, 2.75) is 33.3 Å². The smallest absolute Gasteiger partial charge is 0.262 e. The van der Waals surface area contributed by atoms with Gasteiger partial charge in [0.05, 0.1) is 11.1 Å². The van der Waals surface area contributed by atoms with Crippen molar-refractivity contribution in [1.82, 2.24) is 5.32 Å². The zero-order valence-corrected chi connectivity index (χ0v) is 11.9. The quantitative estimate of drug-likeness (QED) is 0.868. The zero-order chi connectivity index (χ0) is 13.0. The van der Waals surface area contributed by atoms with Crippen LogP contribution >= 0.6 is 22.9 Å². The Bertz CT molecular complexity index is 390. The third kappa shape index (κ3) is 4.30. The van der Waals surface area contributed by atoms with E-state index in [4.69, 9.17) is 11.6 Å². The minimum atomic E-state index is -0.501. The summed E-state index contributed by atoms with van der Waals surface area (Å²) in [7, 11) is 0. The fourth-order valence-electron chi connectivity index (χ4n) is 1.50. The molecule has 1 rings (SSSR count). The van der Waals surface area contributed by atoms with Crippen molar-refractivity contribution in [2.75, 3.05) is 6.54 Å². The summed E-state index contributed by atoms with van der Waals surface area (Å²) in [4.78, 5) is 12.3. The number of hydrogen-bond acceptors (Lipinski definition) is 3. The van der Waals surface area contributed by atoms with Crippen LogP contribution in [-0.4, -0.2) is 23.7 Å². The molecule has 17 heavy (non-hydrogen) atoms. The fraction of sp³-hybridized carbons (Fsp3) is 0.583. The molecule has 0 fully saturated rings. The summed E-state index contributed by atoms with van der Waals surface area (Å²) in [5, 5.41) is 14.7. The largest absolute Gasteiger partial charge is 0.391 e. The van der Waals surface area contributed by atoms with Crippen LogP contribution in [0.4, 0.5) is 0 Å². The van der Waals surface area contributed by atoms with Crippen molar-refractivity contribution in [3.63, 3.8) is 0 Å². The molecule has 2 N–H and O–H groups in total. The van der Waals surface area contributed by atoms with Gasteiger partial charge in [-0.05, 0) is 30.2 Å². The Balaban J connectivity index is 2.48. The van der Waals surface area contributed by atoms with Crippen molar-refractivity contribution in [3.8, 4) is 0 Å². The summed E-state index contributed by atoms with van der Waals surface area (Å²) in [6.45, 7) is 6.20. The summed E-state index contributed by atoms with van der Waals surface area (Å²) in [6, 6.07) is 0. The molecule has 1 aromatic heterocycles. The Hall–Kier alpha value is -0.580. The number of thiophene rings is 1. The second kappa shape index (κ2) is 6.38. The van der Waals surface area contributed by atoms with E-state index in [1.54, 1.807) is 0 Å². The minimum absolute atomic E-state index is 0.212. The van der Waals surface area contributed by atoms with Crippen molar-refractivity contribution in [1.29, 1.82) is 0 Å². The van der Waals surface area contributed by atoms with Gasteiger partial charge >= 0.3 is 0 Å². The molecule has 0 aromatic carbocycles. The number of nitrogens with one attached hydrogen (secondary N) is 1. The van der Waals surface area contributed by atoms with Gasteiger partial charge in [-0.15, -0.1) is 11.3 Å². The van der Waals surface area contributed by atoms with Gasteiger partial charge in [-0.3, -0.25) is 4.79 Å². The monoisotopic (exact) mass is 275 g/mol. The number of carbonyl (C=O) groups is 1. The van der Waals surface area contributed by atoms with E-state index in [-0.39, 0.29) is 12.5 Å². The first-order valence-corrected chi connectivity index (χ1v) is 6.87. The summed E-state index contributed by atoms with van der Waals surface area (Å²) in [6.07, 6.45) is 0.177. The van der Waals surface area contributed by atoms with E-state index in [0.29, 0.717) is 22.2 Å². The lowest BCUT2D eigenvalue weighted by Gasteiger charge is -2.13. The molecule has 0 radical (unpaired) electrons. The average Bonchev–Trinajstić information content (AvgIpc) is 2.55. The summed E-state index contributed by atoms with van der Waals surface area (Å²) in [5.41, 5.74) is 0.907. The van der Waals surface area contributed by atoms with Crippen LogP contribution < -0.4 is 5.32 Å². The Labute approximate surface area is 111 Å². The maximum absolute atomic E-state index is 11.8. The molecule has 1 unspecified atom stereocenters. The van der Waals surface area contributed by atoms with Gasteiger partial charge < -0.3 is 10.4 Å². The maximum Gasteiger partial charge on any atom is 0.262 e. The van der Waals surface area contributed by atoms with Gasteiger partial charge in [0.1, 0.15) is 4.88 Å². The predicted octanol–water partition coefficient (Wildman–Crippen LogP) is 2.85. The molecule has 0 aliphatic carbocycles. The van der Waals surface area contributed by atoms with Gasteiger partial charge in [-0.1, -0.05) is 25.4 Å². The molecule has 0 bridgehead atoms. The molecule has 0 aliphatic rings. The van der Waals surface area contributed by atoms with Gasteiger partial charge in [-0.25, -0.2) is 0 Å². The second-order valence-corrected chi connectivity index (χ2v) is 5.81. The maximum atomic E-state index is 11.8. The number of aryl methyl sites for hydroxylation is 1. The van der Waals surface area contributed by atoms with Crippen LogP contribution in [0.15, 0.2) is 5.38 Å². The van der Waals surface area contributed by atoms with E-state index >= 15 is 0 Å². The summed E-state index contributed by atoms with van der Waals surface area (Å²) < 4.78 is 0. The van der Waals surface area contributed by atoms with Crippen molar-refractivity contribution < 1.29 is 9.90 Å². The molecule has 1 amide bonds. The van der Waals surface area contributed by atoms with Crippen LogP contribution in [0.3, 0.4) is 0 Å². The second-order valence-electron chi connectivity index (χ2n) is 4.56. The summed E-state index contributed by atoms with van der Waals surface area (Å²) >= 11 is 7.31. The lowest BCUT2D eigenvalue weighted by molar-refractivity contribution is 0.0904. The molecular weight excluding hydrogens is 258 g/mol. The highest BCUT2D eigenvalue weighted by molar-refractivity contribution is 7.13. The van der Waals surface area contributed by atoms with E-state index in [1.807, 2.05) is 26.2 Å². The lowest BCUT2D eigenvalue weighted by Crippen LogP contribution is -2.32. The predicted molar refractivity (Wildman–Crippen MR) is 71.9 cm³/mol. The molecule has 1 atom stereocenters. The highest BCUT2D eigenvalue weighted by Gasteiger charge is 2.15. The standard InChI is InChI=1S/C12H18ClNO2S/c1-7(2)4-9(15)5-14-12(16)11-10(13)8(3)6-17-11/h6-7,9,15H,4-5H2,1-3H3,(H,14,16). The molecule has 0 spiro atoms. The SMILES string of the molecule is Cc1csc(C(=O)NCC(O)CC(C)C)c1Cl. The lowest BCUT2D eigenvalue weighted by atomic mass is 10.1. The van der Waals surface area contributed by atoms with Crippen LogP contribution in [0.5, 0.6) is 0 Å². The van der Waals surface area contributed by atoms with Crippen LogP contribution in [-0.2, 0) is 0 Å². The minimum Gasteiger partial charge on any atom is -0.391 e. The fourth-order valence-corrected chi connectivity index (χ4v) is 2.70. The average molecular weight is 276 g/mol. The van der Waals surface area contributed by atoms with Crippen LogP contribution in [0.2, 0.25) is 5.02 Å². The van der Waals surface area contributed by atoms with Gasteiger partial charge in [0.15, 0.2) is 0 Å². The van der Waals surface area contributed by atoms with Crippen LogP contribution in [0.25, 0.3) is 0 Å². The van der Waals surface area contributed by atoms with E-state index in [2.05, 4.69) is 5.32 Å². The van der Waals surface area contributed by atoms with E-state index in [9.17, 15) is 9.90 Å². The zero-order valence-electron chi connectivity index (χ0n) is 10.3. The summed E-state index contributed by atoms with van der Waals surface area (Å²) in [5.74, 6) is 0.199.